The van der Waals surface area contributed by atoms with E-state index in [2.05, 4.69) is 26.1 Å². The molecule has 8 heteroatoms. The van der Waals surface area contributed by atoms with E-state index in [-0.39, 0.29) is 29.0 Å². The molecular formula is C20H29N3O4S. The number of primary amides is 1. The first-order valence-electron chi connectivity index (χ1n) is 9.64. The van der Waals surface area contributed by atoms with E-state index in [0.29, 0.717) is 16.2 Å². The quantitative estimate of drug-likeness (QED) is 0.385. The zero-order chi connectivity index (χ0) is 20.9. The number of nitro benzene ring substituents is 1. The Morgan fingerprint density at radius 3 is 2.46 bits per heavy atom. The number of hydrogen-bond acceptors (Lipinski definition) is 5. The number of nitrogens with zero attached hydrogens (tertiary/aromatic N) is 1. The van der Waals surface area contributed by atoms with Gasteiger partial charge < -0.3 is 11.1 Å². The van der Waals surface area contributed by atoms with Crippen molar-refractivity contribution in [3.05, 3.63) is 33.9 Å². The number of nitrogens with one attached hydrogen (secondary N) is 1. The zero-order valence-electron chi connectivity index (χ0n) is 16.7. The average molecular weight is 408 g/mol. The van der Waals surface area contributed by atoms with Crippen LogP contribution in [0.5, 0.6) is 0 Å². The molecule has 0 bridgehead atoms. The molecule has 1 aliphatic carbocycles. The van der Waals surface area contributed by atoms with Gasteiger partial charge in [0.05, 0.1) is 15.6 Å². The normalized spacial score (nSPS) is 19.8. The molecule has 0 atom stereocenters. The lowest BCUT2D eigenvalue weighted by molar-refractivity contribution is -0.387. The van der Waals surface area contributed by atoms with Crippen LogP contribution in [-0.4, -0.2) is 28.5 Å². The van der Waals surface area contributed by atoms with Gasteiger partial charge in [-0.2, -0.15) is 0 Å². The third kappa shape index (κ3) is 5.70. The van der Waals surface area contributed by atoms with Crippen LogP contribution < -0.4 is 11.1 Å². The number of nitrogens with two attached hydrogens (primary N) is 1. The number of carbonyl (C=O) groups is 2. The van der Waals surface area contributed by atoms with E-state index in [1.54, 1.807) is 0 Å². The highest BCUT2D eigenvalue weighted by Crippen LogP contribution is 2.40. The van der Waals surface area contributed by atoms with Gasteiger partial charge in [-0.1, -0.05) is 27.2 Å². The first-order valence-corrected chi connectivity index (χ1v) is 10.6. The molecule has 0 aromatic heterocycles. The highest BCUT2D eigenvalue weighted by atomic mass is 32.2. The van der Waals surface area contributed by atoms with E-state index in [0.717, 1.165) is 49.9 Å². The molecule has 0 heterocycles. The number of benzene rings is 1. The van der Waals surface area contributed by atoms with Gasteiger partial charge in [0.1, 0.15) is 0 Å². The van der Waals surface area contributed by atoms with Crippen molar-refractivity contribution in [1.82, 2.24) is 5.32 Å². The van der Waals surface area contributed by atoms with Crippen LogP contribution in [0.25, 0.3) is 0 Å². The van der Waals surface area contributed by atoms with Crippen LogP contribution in [0.2, 0.25) is 0 Å². The molecule has 0 spiro atoms. The molecule has 2 rings (SSSR count). The Bertz CT molecular complexity index is 743. The van der Waals surface area contributed by atoms with Gasteiger partial charge in [0.2, 0.25) is 11.8 Å². The Balaban J connectivity index is 1.88. The van der Waals surface area contributed by atoms with Gasteiger partial charge in [-0.15, -0.1) is 11.8 Å². The molecule has 0 aliphatic heterocycles. The summed E-state index contributed by atoms with van der Waals surface area (Å²) in [5, 5.41) is 14.3. The lowest BCUT2D eigenvalue weighted by atomic mass is 9.69. The summed E-state index contributed by atoms with van der Waals surface area (Å²) < 4.78 is 0. The Morgan fingerprint density at radius 2 is 1.93 bits per heavy atom. The SMILES string of the molecule is CCC(C)(C)C1CCC(NC(=O)CSc2ccc(C(N)=O)cc2[N+](=O)[O-])CC1. The summed E-state index contributed by atoms with van der Waals surface area (Å²) in [7, 11) is 0. The van der Waals surface area contributed by atoms with Crippen molar-refractivity contribution >= 4 is 29.3 Å². The predicted molar refractivity (Wildman–Crippen MR) is 110 cm³/mol. The molecular weight excluding hydrogens is 378 g/mol. The minimum absolute atomic E-state index is 0.0762. The van der Waals surface area contributed by atoms with Gasteiger partial charge in [-0.25, -0.2) is 0 Å². The maximum atomic E-state index is 12.3. The largest absolute Gasteiger partial charge is 0.366 e. The standard InChI is InChI=1S/C20H29N3O4S/c1-4-20(2,3)14-6-8-15(9-7-14)22-18(24)12-28-17-10-5-13(19(21)25)11-16(17)23(26)27/h5,10-11,14-15H,4,6-9,12H2,1-3H3,(H2,21,25)(H,22,24). The third-order valence-corrected chi connectivity index (χ3v) is 6.97. The molecule has 7 nitrogen and oxygen atoms in total. The van der Waals surface area contributed by atoms with Crippen LogP contribution in [0.3, 0.4) is 0 Å². The fourth-order valence-electron chi connectivity index (χ4n) is 3.66. The van der Waals surface area contributed by atoms with Crippen LogP contribution in [0.4, 0.5) is 5.69 Å². The number of nitro groups is 1. The van der Waals surface area contributed by atoms with Crippen LogP contribution in [0, 0.1) is 21.4 Å². The summed E-state index contributed by atoms with van der Waals surface area (Å²) in [5.41, 5.74) is 5.37. The van der Waals surface area contributed by atoms with E-state index in [1.807, 2.05) is 0 Å². The van der Waals surface area contributed by atoms with Gasteiger partial charge in [0.15, 0.2) is 0 Å². The fraction of sp³-hybridized carbons (Fsp3) is 0.600. The molecule has 1 fully saturated rings. The Labute approximate surface area is 170 Å². The zero-order valence-corrected chi connectivity index (χ0v) is 17.5. The van der Waals surface area contributed by atoms with E-state index in [4.69, 9.17) is 5.73 Å². The van der Waals surface area contributed by atoms with Crippen molar-refractivity contribution in [2.24, 2.45) is 17.1 Å². The van der Waals surface area contributed by atoms with Gasteiger partial charge >= 0.3 is 0 Å². The highest BCUT2D eigenvalue weighted by Gasteiger charge is 2.32. The van der Waals surface area contributed by atoms with Crippen molar-refractivity contribution in [3.8, 4) is 0 Å². The first-order chi connectivity index (χ1) is 13.1. The number of carbonyl (C=O) groups excluding carboxylic acids is 2. The molecule has 1 aliphatic rings. The molecule has 154 valence electrons. The third-order valence-electron chi connectivity index (χ3n) is 5.91. The second-order valence-corrected chi connectivity index (χ2v) is 9.07. The maximum Gasteiger partial charge on any atom is 0.283 e. The maximum absolute atomic E-state index is 12.3. The smallest absolute Gasteiger partial charge is 0.283 e. The van der Waals surface area contributed by atoms with Crippen LogP contribution in [0.15, 0.2) is 23.1 Å². The lowest BCUT2D eigenvalue weighted by Gasteiger charge is -2.39. The molecule has 1 aromatic carbocycles. The van der Waals surface area contributed by atoms with Crippen LogP contribution >= 0.6 is 11.8 Å². The van der Waals surface area contributed by atoms with E-state index in [1.165, 1.54) is 12.1 Å². The van der Waals surface area contributed by atoms with E-state index in [9.17, 15) is 19.7 Å². The summed E-state index contributed by atoms with van der Waals surface area (Å²) in [4.78, 5) is 34.5. The van der Waals surface area contributed by atoms with Crippen molar-refractivity contribution < 1.29 is 14.5 Å². The van der Waals surface area contributed by atoms with Crippen molar-refractivity contribution in [1.29, 1.82) is 0 Å². The van der Waals surface area contributed by atoms with Gasteiger partial charge in [-0.3, -0.25) is 19.7 Å². The summed E-state index contributed by atoms with van der Waals surface area (Å²) in [6.45, 7) is 6.84. The summed E-state index contributed by atoms with van der Waals surface area (Å²) in [6.07, 6.45) is 5.31. The van der Waals surface area contributed by atoms with Crippen LogP contribution in [-0.2, 0) is 4.79 Å². The number of hydrogen-bond donors (Lipinski definition) is 2. The molecule has 1 saturated carbocycles. The van der Waals surface area contributed by atoms with Crippen molar-refractivity contribution in [3.63, 3.8) is 0 Å². The van der Waals surface area contributed by atoms with Gasteiger partial charge in [0, 0.05) is 17.7 Å². The summed E-state index contributed by atoms with van der Waals surface area (Å²) in [6, 6.07) is 4.23. The number of rotatable bonds is 8. The molecule has 0 radical (unpaired) electrons. The lowest BCUT2D eigenvalue weighted by Crippen LogP contribution is -2.40. The molecule has 0 unspecified atom stereocenters. The monoisotopic (exact) mass is 407 g/mol. The molecule has 2 amide bonds. The van der Waals surface area contributed by atoms with Gasteiger partial charge in [-0.05, 0) is 49.1 Å². The number of amides is 2. The first kappa shape index (κ1) is 22.2. The molecule has 3 N–H and O–H groups in total. The summed E-state index contributed by atoms with van der Waals surface area (Å²) in [5.74, 6) is -0.0703. The summed E-state index contributed by atoms with van der Waals surface area (Å²) >= 11 is 1.10. The molecule has 1 aromatic rings. The van der Waals surface area contributed by atoms with Crippen LogP contribution in [0.1, 0.15) is 63.2 Å². The van der Waals surface area contributed by atoms with Crippen molar-refractivity contribution in [2.45, 2.75) is 63.8 Å². The molecule has 0 saturated heterocycles. The van der Waals surface area contributed by atoms with E-state index < -0.39 is 10.8 Å². The Morgan fingerprint density at radius 1 is 1.29 bits per heavy atom. The highest BCUT2D eigenvalue weighted by molar-refractivity contribution is 8.00. The second-order valence-electron chi connectivity index (χ2n) is 8.05. The number of thioether (sulfide) groups is 1. The fourth-order valence-corrected chi connectivity index (χ4v) is 4.47. The average Bonchev–Trinajstić information content (AvgIpc) is 2.66. The predicted octanol–water partition coefficient (Wildman–Crippen LogP) is 3.90. The minimum Gasteiger partial charge on any atom is -0.366 e. The van der Waals surface area contributed by atoms with E-state index >= 15 is 0 Å². The Hall–Kier alpha value is -2.09. The van der Waals surface area contributed by atoms with Crippen molar-refractivity contribution in [2.75, 3.05) is 5.75 Å². The minimum atomic E-state index is -0.723. The Kier molecular flexibility index (Phi) is 7.46. The second kappa shape index (κ2) is 9.41. The van der Waals surface area contributed by atoms with Gasteiger partial charge in [0.25, 0.3) is 5.69 Å². The topological polar surface area (TPSA) is 115 Å². The molecule has 28 heavy (non-hydrogen) atoms.